The maximum atomic E-state index is 12.3. The van der Waals surface area contributed by atoms with Crippen LogP contribution in [0.25, 0.3) is 0 Å². The summed E-state index contributed by atoms with van der Waals surface area (Å²) in [4.78, 5) is 20.9. The molecular weight excluding hydrogens is 352 g/mol. The Bertz CT molecular complexity index is 923. The zero-order chi connectivity index (χ0) is 19.2. The van der Waals surface area contributed by atoms with Crippen molar-refractivity contribution in [1.82, 2.24) is 15.3 Å². The monoisotopic (exact) mass is 374 g/mol. The topological polar surface area (TPSA) is 76.1 Å². The Labute approximate surface area is 164 Å². The third-order valence-corrected chi connectivity index (χ3v) is 4.70. The van der Waals surface area contributed by atoms with Crippen molar-refractivity contribution in [3.8, 4) is 11.5 Å². The van der Waals surface area contributed by atoms with Crippen molar-refractivity contribution in [2.45, 2.75) is 31.7 Å². The number of hydrogen-bond donors (Lipinski definition) is 2. The van der Waals surface area contributed by atoms with E-state index in [1.165, 1.54) is 19.0 Å². The Morgan fingerprint density at radius 3 is 2.43 bits per heavy atom. The zero-order valence-electron chi connectivity index (χ0n) is 15.5. The van der Waals surface area contributed by atoms with E-state index in [2.05, 4.69) is 20.6 Å². The molecule has 0 saturated heterocycles. The predicted octanol–water partition coefficient (Wildman–Crippen LogP) is 4.68. The van der Waals surface area contributed by atoms with Gasteiger partial charge < -0.3 is 15.4 Å². The van der Waals surface area contributed by atoms with E-state index in [4.69, 9.17) is 4.74 Å². The first-order valence-corrected chi connectivity index (χ1v) is 9.50. The first kappa shape index (κ1) is 18.0. The number of carbonyl (C=O) groups is 1. The summed E-state index contributed by atoms with van der Waals surface area (Å²) in [6.07, 6.45) is 7.47. The molecule has 0 atom stereocenters. The van der Waals surface area contributed by atoms with Crippen LogP contribution >= 0.6 is 0 Å². The molecule has 1 aromatic heterocycles. The van der Waals surface area contributed by atoms with Crippen LogP contribution in [0.15, 0.2) is 67.0 Å². The van der Waals surface area contributed by atoms with Crippen LogP contribution in [0.5, 0.6) is 11.5 Å². The highest BCUT2D eigenvalue weighted by molar-refractivity contribution is 5.92. The highest BCUT2D eigenvalue weighted by atomic mass is 16.5. The van der Waals surface area contributed by atoms with Crippen molar-refractivity contribution in [2.75, 3.05) is 5.32 Å². The molecule has 6 heteroatoms. The molecule has 2 N–H and O–H groups in total. The van der Waals surface area contributed by atoms with Gasteiger partial charge in [0, 0.05) is 6.04 Å². The second kappa shape index (κ2) is 8.52. The molecule has 0 aliphatic heterocycles. The van der Waals surface area contributed by atoms with Crippen LogP contribution in [0.3, 0.4) is 0 Å². The van der Waals surface area contributed by atoms with E-state index >= 15 is 0 Å². The smallest absolute Gasteiger partial charge is 0.271 e. The standard InChI is InChI=1S/C22H22N4O2/c27-22(25-16-8-4-5-9-16)19-14-24-21(15-23-19)26-18-12-6-7-13-20(18)28-17-10-2-1-3-11-17/h1-3,6-7,10-16H,4-5,8-9H2,(H,24,26)(H,25,27). The quantitative estimate of drug-likeness (QED) is 0.655. The predicted molar refractivity (Wildman–Crippen MR) is 108 cm³/mol. The summed E-state index contributed by atoms with van der Waals surface area (Å²) in [5.41, 5.74) is 1.09. The maximum Gasteiger partial charge on any atom is 0.271 e. The van der Waals surface area contributed by atoms with Gasteiger partial charge in [-0.1, -0.05) is 43.2 Å². The van der Waals surface area contributed by atoms with E-state index in [1.54, 1.807) is 6.20 Å². The number of benzene rings is 2. The molecule has 4 rings (SSSR count). The van der Waals surface area contributed by atoms with Crippen LogP contribution < -0.4 is 15.4 Å². The van der Waals surface area contributed by atoms with Gasteiger partial charge in [0.1, 0.15) is 17.3 Å². The van der Waals surface area contributed by atoms with Crippen molar-refractivity contribution < 1.29 is 9.53 Å². The Morgan fingerprint density at radius 2 is 1.68 bits per heavy atom. The highest BCUT2D eigenvalue weighted by Crippen LogP contribution is 2.30. The van der Waals surface area contributed by atoms with Gasteiger partial charge >= 0.3 is 0 Å². The Balaban J connectivity index is 1.44. The van der Waals surface area contributed by atoms with E-state index in [-0.39, 0.29) is 11.9 Å². The summed E-state index contributed by atoms with van der Waals surface area (Å²) in [6.45, 7) is 0. The Morgan fingerprint density at radius 1 is 0.929 bits per heavy atom. The fourth-order valence-corrected chi connectivity index (χ4v) is 3.25. The van der Waals surface area contributed by atoms with Crippen molar-refractivity contribution >= 4 is 17.4 Å². The minimum atomic E-state index is -0.168. The van der Waals surface area contributed by atoms with E-state index in [1.807, 2.05) is 54.6 Å². The minimum Gasteiger partial charge on any atom is -0.455 e. The summed E-state index contributed by atoms with van der Waals surface area (Å²) in [6, 6.07) is 17.4. The number of nitrogens with one attached hydrogen (secondary N) is 2. The molecule has 0 unspecified atom stereocenters. The number of amides is 1. The van der Waals surface area contributed by atoms with Crippen LogP contribution in [-0.4, -0.2) is 21.9 Å². The second-order valence-corrected chi connectivity index (χ2v) is 6.78. The van der Waals surface area contributed by atoms with Gasteiger partial charge in [-0.3, -0.25) is 4.79 Å². The van der Waals surface area contributed by atoms with Crippen molar-refractivity contribution in [2.24, 2.45) is 0 Å². The number of carbonyl (C=O) groups excluding carboxylic acids is 1. The Kier molecular flexibility index (Phi) is 5.47. The van der Waals surface area contributed by atoms with Gasteiger partial charge in [-0.25, -0.2) is 9.97 Å². The molecular formula is C22H22N4O2. The third kappa shape index (κ3) is 4.46. The van der Waals surface area contributed by atoms with E-state index in [0.717, 1.165) is 24.3 Å². The molecule has 1 fully saturated rings. The lowest BCUT2D eigenvalue weighted by molar-refractivity contribution is 0.0932. The molecule has 6 nitrogen and oxygen atoms in total. The van der Waals surface area contributed by atoms with Crippen molar-refractivity contribution in [3.05, 3.63) is 72.7 Å². The number of anilines is 2. The molecule has 1 aliphatic rings. The molecule has 0 bridgehead atoms. The highest BCUT2D eigenvalue weighted by Gasteiger charge is 2.18. The van der Waals surface area contributed by atoms with Crippen molar-refractivity contribution in [1.29, 1.82) is 0 Å². The molecule has 28 heavy (non-hydrogen) atoms. The van der Waals surface area contributed by atoms with Gasteiger partial charge in [0.15, 0.2) is 5.75 Å². The molecule has 1 heterocycles. The zero-order valence-corrected chi connectivity index (χ0v) is 15.5. The summed E-state index contributed by atoms with van der Waals surface area (Å²) in [5, 5.41) is 6.22. The van der Waals surface area contributed by atoms with Gasteiger partial charge in [0.05, 0.1) is 18.1 Å². The largest absolute Gasteiger partial charge is 0.455 e. The molecule has 1 aliphatic carbocycles. The first-order valence-electron chi connectivity index (χ1n) is 9.50. The van der Waals surface area contributed by atoms with Crippen LogP contribution in [0.4, 0.5) is 11.5 Å². The average Bonchev–Trinajstić information content (AvgIpc) is 3.24. The van der Waals surface area contributed by atoms with Gasteiger partial charge in [-0.2, -0.15) is 0 Å². The average molecular weight is 374 g/mol. The number of hydrogen-bond acceptors (Lipinski definition) is 5. The van der Waals surface area contributed by atoms with E-state index < -0.39 is 0 Å². The molecule has 3 aromatic rings. The SMILES string of the molecule is O=C(NC1CCCC1)c1cnc(Nc2ccccc2Oc2ccccc2)cn1. The third-order valence-electron chi connectivity index (χ3n) is 4.70. The number of ether oxygens (including phenoxy) is 1. The second-order valence-electron chi connectivity index (χ2n) is 6.78. The molecule has 0 spiro atoms. The van der Waals surface area contributed by atoms with E-state index in [9.17, 15) is 4.79 Å². The normalized spacial score (nSPS) is 13.9. The first-order chi connectivity index (χ1) is 13.8. The van der Waals surface area contributed by atoms with Crippen molar-refractivity contribution in [3.63, 3.8) is 0 Å². The Hall–Kier alpha value is -3.41. The molecule has 1 amide bonds. The number of para-hydroxylation sites is 3. The van der Waals surface area contributed by atoms with E-state index in [0.29, 0.717) is 17.3 Å². The number of nitrogens with zero attached hydrogens (tertiary/aromatic N) is 2. The lowest BCUT2D eigenvalue weighted by Crippen LogP contribution is -2.33. The fraction of sp³-hybridized carbons (Fsp3) is 0.227. The molecule has 1 saturated carbocycles. The van der Waals surface area contributed by atoms with Gasteiger partial charge in [0.25, 0.3) is 5.91 Å². The van der Waals surface area contributed by atoms with Crippen LogP contribution in [0.1, 0.15) is 36.2 Å². The maximum absolute atomic E-state index is 12.3. The summed E-state index contributed by atoms with van der Waals surface area (Å²) in [5.74, 6) is 1.81. The number of rotatable bonds is 6. The lowest BCUT2D eigenvalue weighted by atomic mass is 10.2. The van der Waals surface area contributed by atoms with Crippen LogP contribution in [0, 0.1) is 0 Å². The molecule has 142 valence electrons. The van der Waals surface area contributed by atoms with Crippen LogP contribution in [-0.2, 0) is 0 Å². The molecule has 2 aromatic carbocycles. The van der Waals surface area contributed by atoms with Crippen LogP contribution in [0.2, 0.25) is 0 Å². The fourth-order valence-electron chi connectivity index (χ4n) is 3.25. The molecule has 0 radical (unpaired) electrons. The summed E-state index contributed by atoms with van der Waals surface area (Å²) < 4.78 is 5.94. The minimum absolute atomic E-state index is 0.168. The van der Waals surface area contributed by atoms with Gasteiger partial charge in [0.2, 0.25) is 0 Å². The summed E-state index contributed by atoms with van der Waals surface area (Å²) in [7, 11) is 0. The van der Waals surface area contributed by atoms with Gasteiger partial charge in [-0.15, -0.1) is 0 Å². The summed E-state index contributed by atoms with van der Waals surface area (Å²) >= 11 is 0. The lowest BCUT2D eigenvalue weighted by Gasteiger charge is -2.13. The number of aromatic nitrogens is 2. The van der Waals surface area contributed by atoms with Gasteiger partial charge in [-0.05, 0) is 37.1 Å².